The van der Waals surface area contributed by atoms with Crippen LogP contribution in [0.25, 0.3) is 0 Å². The van der Waals surface area contributed by atoms with Crippen LogP contribution in [0.5, 0.6) is 0 Å². The fourth-order valence-electron chi connectivity index (χ4n) is 2.28. The maximum atomic E-state index is 11.1. The van der Waals surface area contributed by atoms with Crippen molar-refractivity contribution in [3.63, 3.8) is 0 Å². The molecule has 0 aliphatic heterocycles. The van der Waals surface area contributed by atoms with Gasteiger partial charge in [-0.15, -0.1) is 0 Å². The van der Waals surface area contributed by atoms with Gasteiger partial charge in [0, 0.05) is 11.5 Å². The number of rotatable bonds is 4. The summed E-state index contributed by atoms with van der Waals surface area (Å²) in [6.07, 6.45) is 1.82. The van der Waals surface area contributed by atoms with Crippen LogP contribution in [0.3, 0.4) is 0 Å². The van der Waals surface area contributed by atoms with Crippen LogP contribution in [0.1, 0.15) is 29.5 Å². The number of allylic oxidation sites excluding steroid dienone is 1. The van der Waals surface area contributed by atoms with Gasteiger partial charge in [-0.2, -0.15) is 0 Å². The van der Waals surface area contributed by atoms with E-state index >= 15 is 0 Å². The van der Waals surface area contributed by atoms with Gasteiger partial charge in [-0.25, -0.2) is 4.79 Å². The van der Waals surface area contributed by atoms with Gasteiger partial charge in [0.1, 0.15) is 0 Å². The summed E-state index contributed by atoms with van der Waals surface area (Å²) in [4.78, 5) is 11.1. The number of aliphatic carboxylic acids is 1. The SMILES string of the molecule is C/C(=C\C(c1ccccc1)c1ccccc1C)C(=O)O. The highest BCUT2D eigenvalue weighted by molar-refractivity contribution is 5.86. The van der Waals surface area contributed by atoms with E-state index in [-0.39, 0.29) is 5.92 Å². The van der Waals surface area contributed by atoms with Crippen molar-refractivity contribution in [1.29, 1.82) is 0 Å². The molecule has 2 aromatic carbocycles. The predicted molar refractivity (Wildman–Crippen MR) is 80.9 cm³/mol. The van der Waals surface area contributed by atoms with E-state index in [1.165, 1.54) is 0 Å². The lowest BCUT2D eigenvalue weighted by Crippen LogP contribution is -2.04. The molecule has 2 nitrogen and oxygen atoms in total. The first kappa shape index (κ1) is 14.1. The van der Waals surface area contributed by atoms with Crippen LogP contribution in [0.2, 0.25) is 0 Å². The quantitative estimate of drug-likeness (QED) is 0.844. The van der Waals surface area contributed by atoms with Gasteiger partial charge in [0.2, 0.25) is 0 Å². The van der Waals surface area contributed by atoms with E-state index in [1.54, 1.807) is 6.92 Å². The first-order valence-electron chi connectivity index (χ1n) is 6.62. The van der Waals surface area contributed by atoms with Gasteiger partial charge in [-0.3, -0.25) is 0 Å². The van der Waals surface area contributed by atoms with Gasteiger partial charge in [0.15, 0.2) is 0 Å². The van der Waals surface area contributed by atoms with Gasteiger partial charge in [-0.05, 0) is 30.5 Å². The molecule has 0 saturated carbocycles. The molecule has 102 valence electrons. The third-order valence-electron chi connectivity index (χ3n) is 3.44. The van der Waals surface area contributed by atoms with Crippen molar-refractivity contribution in [1.82, 2.24) is 0 Å². The van der Waals surface area contributed by atoms with Crippen LogP contribution in [0.15, 0.2) is 66.2 Å². The molecule has 1 N–H and O–H groups in total. The Morgan fingerprint density at radius 1 is 1.05 bits per heavy atom. The first-order valence-corrected chi connectivity index (χ1v) is 6.62. The number of carboxylic acids is 1. The molecule has 2 rings (SSSR count). The van der Waals surface area contributed by atoms with Crippen LogP contribution in [-0.2, 0) is 4.79 Å². The van der Waals surface area contributed by atoms with Crippen LogP contribution in [0, 0.1) is 6.92 Å². The Morgan fingerprint density at radius 3 is 2.25 bits per heavy atom. The topological polar surface area (TPSA) is 37.3 Å². The second-order valence-electron chi connectivity index (χ2n) is 4.90. The zero-order chi connectivity index (χ0) is 14.5. The van der Waals surface area contributed by atoms with Gasteiger partial charge >= 0.3 is 5.97 Å². The number of aryl methyl sites for hydroxylation is 1. The second-order valence-corrected chi connectivity index (χ2v) is 4.90. The van der Waals surface area contributed by atoms with Crippen molar-refractivity contribution in [2.75, 3.05) is 0 Å². The summed E-state index contributed by atoms with van der Waals surface area (Å²) in [6.45, 7) is 3.69. The smallest absolute Gasteiger partial charge is 0.330 e. The number of carboxylic acid groups (broad SMARTS) is 1. The van der Waals surface area contributed by atoms with E-state index in [1.807, 2.05) is 48.5 Å². The Morgan fingerprint density at radius 2 is 1.65 bits per heavy atom. The highest BCUT2D eigenvalue weighted by atomic mass is 16.4. The molecule has 2 heteroatoms. The monoisotopic (exact) mass is 266 g/mol. The molecule has 20 heavy (non-hydrogen) atoms. The molecule has 0 heterocycles. The Labute approximate surface area is 119 Å². The predicted octanol–water partition coefficient (Wildman–Crippen LogP) is 4.16. The molecule has 0 aromatic heterocycles. The lowest BCUT2D eigenvalue weighted by Gasteiger charge is -2.17. The van der Waals surface area contributed by atoms with Gasteiger partial charge < -0.3 is 5.11 Å². The Balaban J connectivity index is 2.54. The van der Waals surface area contributed by atoms with Gasteiger partial charge in [0.05, 0.1) is 0 Å². The zero-order valence-corrected chi connectivity index (χ0v) is 11.7. The molecule has 2 aromatic rings. The van der Waals surface area contributed by atoms with Crippen LogP contribution in [-0.4, -0.2) is 11.1 Å². The number of hydrogen-bond acceptors (Lipinski definition) is 1. The van der Waals surface area contributed by atoms with Crippen molar-refractivity contribution in [2.24, 2.45) is 0 Å². The molecular weight excluding hydrogens is 248 g/mol. The molecule has 0 spiro atoms. The average molecular weight is 266 g/mol. The largest absolute Gasteiger partial charge is 0.478 e. The number of benzene rings is 2. The number of carbonyl (C=O) groups is 1. The molecule has 0 bridgehead atoms. The summed E-state index contributed by atoms with van der Waals surface area (Å²) in [5.74, 6) is -0.909. The molecule has 0 saturated heterocycles. The van der Waals surface area contributed by atoms with Crippen molar-refractivity contribution in [3.8, 4) is 0 Å². The highest BCUT2D eigenvalue weighted by Gasteiger charge is 2.15. The summed E-state index contributed by atoms with van der Waals surface area (Å²) < 4.78 is 0. The molecule has 1 unspecified atom stereocenters. The molecule has 0 amide bonds. The van der Waals surface area contributed by atoms with Crippen molar-refractivity contribution < 1.29 is 9.90 Å². The van der Waals surface area contributed by atoms with Crippen molar-refractivity contribution in [2.45, 2.75) is 19.8 Å². The molecule has 1 atom stereocenters. The highest BCUT2D eigenvalue weighted by Crippen LogP contribution is 2.29. The molecule has 0 aliphatic rings. The normalized spacial score (nSPS) is 13.0. The minimum Gasteiger partial charge on any atom is -0.478 e. The lowest BCUT2D eigenvalue weighted by molar-refractivity contribution is -0.132. The fraction of sp³-hybridized carbons (Fsp3) is 0.167. The summed E-state index contributed by atoms with van der Waals surface area (Å²) in [7, 11) is 0. The Bertz CT molecular complexity index is 627. The van der Waals surface area contributed by atoms with Gasteiger partial charge in [0.25, 0.3) is 0 Å². The summed E-state index contributed by atoms with van der Waals surface area (Å²) in [5.41, 5.74) is 3.76. The van der Waals surface area contributed by atoms with Crippen molar-refractivity contribution in [3.05, 3.63) is 82.9 Å². The Kier molecular flexibility index (Phi) is 4.36. The molecular formula is C18H18O2. The van der Waals surface area contributed by atoms with Gasteiger partial charge in [-0.1, -0.05) is 60.7 Å². The minimum absolute atomic E-state index is 0.0338. The molecule has 0 fully saturated rings. The summed E-state index contributed by atoms with van der Waals surface area (Å²) in [6, 6.07) is 18.1. The second kappa shape index (κ2) is 6.20. The van der Waals surface area contributed by atoms with Crippen LogP contribution >= 0.6 is 0 Å². The summed E-state index contributed by atoms with van der Waals surface area (Å²) in [5, 5.41) is 9.13. The third kappa shape index (κ3) is 3.15. The zero-order valence-electron chi connectivity index (χ0n) is 11.7. The standard InChI is InChI=1S/C18H18O2/c1-13-8-6-7-11-16(13)17(12-14(2)18(19)20)15-9-4-3-5-10-15/h3-12,17H,1-2H3,(H,19,20)/b14-12+. The minimum atomic E-state index is -0.875. The van der Waals surface area contributed by atoms with Crippen LogP contribution < -0.4 is 0 Å². The fourth-order valence-corrected chi connectivity index (χ4v) is 2.28. The molecule has 0 radical (unpaired) electrons. The molecule has 0 aliphatic carbocycles. The maximum Gasteiger partial charge on any atom is 0.330 e. The summed E-state index contributed by atoms with van der Waals surface area (Å²) >= 11 is 0. The number of hydrogen-bond donors (Lipinski definition) is 1. The van der Waals surface area contributed by atoms with E-state index in [9.17, 15) is 4.79 Å². The van der Waals surface area contributed by atoms with E-state index in [4.69, 9.17) is 5.11 Å². The van der Waals surface area contributed by atoms with E-state index in [0.717, 1.165) is 16.7 Å². The van der Waals surface area contributed by atoms with E-state index in [2.05, 4.69) is 19.1 Å². The average Bonchev–Trinajstić information content (AvgIpc) is 2.46. The maximum absolute atomic E-state index is 11.1. The van der Waals surface area contributed by atoms with Crippen molar-refractivity contribution >= 4 is 5.97 Å². The van der Waals surface area contributed by atoms with E-state index in [0.29, 0.717) is 5.57 Å². The third-order valence-corrected chi connectivity index (χ3v) is 3.44. The Hall–Kier alpha value is -2.35. The van der Waals surface area contributed by atoms with E-state index < -0.39 is 5.97 Å². The first-order chi connectivity index (χ1) is 9.59. The van der Waals surface area contributed by atoms with Crippen LogP contribution in [0.4, 0.5) is 0 Å². The lowest BCUT2D eigenvalue weighted by atomic mass is 9.87.